The third-order valence-corrected chi connectivity index (χ3v) is 3.94. The summed E-state index contributed by atoms with van der Waals surface area (Å²) in [7, 11) is 0. The molecule has 2 rings (SSSR count). The lowest BCUT2D eigenvalue weighted by molar-refractivity contribution is 0.145. The fraction of sp³-hybridized carbons (Fsp3) is 0.538. The summed E-state index contributed by atoms with van der Waals surface area (Å²) in [4.78, 5) is 2.31. The van der Waals surface area contributed by atoms with Gasteiger partial charge in [-0.15, -0.1) is 0 Å². The lowest BCUT2D eigenvalue weighted by atomic mass is 10.1. The quantitative estimate of drug-likeness (QED) is 0.882. The molecule has 94 valence electrons. The highest BCUT2D eigenvalue weighted by Crippen LogP contribution is 2.30. The number of rotatable bonds is 2. The third kappa shape index (κ3) is 3.00. The summed E-state index contributed by atoms with van der Waals surface area (Å²) in [5.41, 5.74) is 8.19. The average Bonchev–Trinajstić information content (AvgIpc) is 2.30. The highest BCUT2D eigenvalue weighted by atomic mass is 79.9. The van der Waals surface area contributed by atoms with Gasteiger partial charge >= 0.3 is 0 Å². The maximum absolute atomic E-state index is 9.51. The highest BCUT2D eigenvalue weighted by molar-refractivity contribution is 9.10. The van der Waals surface area contributed by atoms with Gasteiger partial charge in [0.2, 0.25) is 0 Å². The number of aliphatic hydroxyl groups is 1. The van der Waals surface area contributed by atoms with Crippen molar-refractivity contribution in [1.29, 1.82) is 0 Å². The zero-order valence-corrected chi connectivity index (χ0v) is 11.7. The van der Waals surface area contributed by atoms with Crippen molar-refractivity contribution in [1.82, 2.24) is 0 Å². The van der Waals surface area contributed by atoms with Crippen LogP contribution in [-0.4, -0.2) is 24.3 Å². The Morgan fingerprint density at radius 2 is 2.06 bits per heavy atom. The van der Waals surface area contributed by atoms with Crippen molar-refractivity contribution in [2.24, 2.45) is 5.73 Å². The second kappa shape index (κ2) is 5.38. The zero-order valence-electron chi connectivity index (χ0n) is 10.1. The highest BCUT2D eigenvalue weighted by Gasteiger charge is 2.19. The molecule has 0 spiro atoms. The molecule has 0 aliphatic carbocycles. The maximum Gasteiger partial charge on any atom is 0.0574 e. The van der Waals surface area contributed by atoms with Crippen LogP contribution in [0.3, 0.4) is 0 Å². The van der Waals surface area contributed by atoms with E-state index in [9.17, 15) is 5.11 Å². The molecule has 1 heterocycles. The fourth-order valence-electron chi connectivity index (χ4n) is 2.17. The number of hydrogen-bond donors (Lipinski definition) is 2. The smallest absolute Gasteiger partial charge is 0.0574 e. The molecule has 1 saturated heterocycles. The van der Waals surface area contributed by atoms with Crippen LogP contribution in [0.1, 0.15) is 31.4 Å². The molecule has 0 bridgehead atoms. The largest absolute Gasteiger partial charge is 0.393 e. The summed E-state index contributed by atoms with van der Waals surface area (Å²) in [5.74, 6) is 0. The third-order valence-electron chi connectivity index (χ3n) is 3.30. The maximum atomic E-state index is 9.51. The van der Waals surface area contributed by atoms with E-state index in [1.165, 1.54) is 5.69 Å². The van der Waals surface area contributed by atoms with E-state index in [0.29, 0.717) is 0 Å². The molecule has 0 saturated carbocycles. The lowest BCUT2D eigenvalue weighted by Gasteiger charge is -2.32. The summed E-state index contributed by atoms with van der Waals surface area (Å²) in [6.45, 7) is 3.81. The van der Waals surface area contributed by atoms with Gasteiger partial charge in [0.15, 0.2) is 0 Å². The van der Waals surface area contributed by atoms with Crippen LogP contribution in [0.2, 0.25) is 0 Å². The minimum Gasteiger partial charge on any atom is -0.393 e. The van der Waals surface area contributed by atoms with E-state index in [1.54, 1.807) is 0 Å². The van der Waals surface area contributed by atoms with Crippen molar-refractivity contribution in [3.63, 3.8) is 0 Å². The number of benzene rings is 1. The van der Waals surface area contributed by atoms with Crippen LogP contribution < -0.4 is 10.6 Å². The fourth-order valence-corrected chi connectivity index (χ4v) is 2.82. The van der Waals surface area contributed by atoms with Gasteiger partial charge in [0.05, 0.1) is 11.8 Å². The van der Waals surface area contributed by atoms with E-state index in [4.69, 9.17) is 5.73 Å². The summed E-state index contributed by atoms with van der Waals surface area (Å²) >= 11 is 3.61. The van der Waals surface area contributed by atoms with Gasteiger partial charge < -0.3 is 15.7 Å². The monoisotopic (exact) mass is 298 g/mol. The van der Waals surface area contributed by atoms with Gasteiger partial charge in [-0.2, -0.15) is 0 Å². The van der Waals surface area contributed by atoms with Crippen molar-refractivity contribution < 1.29 is 5.11 Å². The van der Waals surface area contributed by atoms with Gasteiger partial charge in [-0.1, -0.05) is 6.07 Å². The molecule has 4 heteroatoms. The minimum absolute atomic E-state index is 0.0588. The van der Waals surface area contributed by atoms with Crippen LogP contribution >= 0.6 is 15.9 Å². The molecule has 1 aromatic rings. The van der Waals surface area contributed by atoms with Crippen molar-refractivity contribution >= 4 is 21.6 Å². The zero-order chi connectivity index (χ0) is 12.4. The topological polar surface area (TPSA) is 49.5 Å². The van der Waals surface area contributed by atoms with E-state index in [-0.39, 0.29) is 12.1 Å². The number of nitrogens with zero attached hydrogens (tertiary/aromatic N) is 1. The Morgan fingerprint density at radius 3 is 2.59 bits per heavy atom. The predicted molar refractivity (Wildman–Crippen MR) is 74.2 cm³/mol. The van der Waals surface area contributed by atoms with E-state index in [2.05, 4.69) is 39.0 Å². The molecule has 0 unspecified atom stereocenters. The average molecular weight is 299 g/mol. The second-order valence-corrected chi connectivity index (χ2v) is 5.57. The second-order valence-electron chi connectivity index (χ2n) is 4.72. The molecule has 0 aromatic heterocycles. The molecule has 3 nitrogen and oxygen atoms in total. The van der Waals surface area contributed by atoms with Crippen LogP contribution in [0.15, 0.2) is 22.7 Å². The molecule has 0 radical (unpaired) electrons. The van der Waals surface area contributed by atoms with Crippen molar-refractivity contribution in [2.45, 2.75) is 31.9 Å². The molecular formula is C13H19BrN2O. The summed E-state index contributed by atoms with van der Waals surface area (Å²) in [5, 5.41) is 9.51. The number of piperidine rings is 1. The van der Waals surface area contributed by atoms with Crippen LogP contribution in [-0.2, 0) is 0 Å². The Kier molecular flexibility index (Phi) is 4.07. The molecule has 1 aliphatic rings. The number of aliphatic hydroxyl groups excluding tert-OH is 1. The number of nitrogens with two attached hydrogens (primary N) is 1. The van der Waals surface area contributed by atoms with Crippen LogP contribution in [0.25, 0.3) is 0 Å². The summed E-state index contributed by atoms with van der Waals surface area (Å²) < 4.78 is 1.09. The first-order valence-corrected chi connectivity index (χ1v) is 6.85. The number of hydrogen-bond acceptors (Lipinski definition) is 3. The predicted octanol–water partition coefficient (Wildman–Crippen LogP) is 2.43. The van der Waals surface area contributed by atoms with Gasteiger partial charge in [0, 0.05) is 23.6 Å². The Balaban J connectivity index is 2.16. The first-order chi connectivity index (χ1) is 8.08. The van der Waals surface area contributed by atoms with Crippen LogP contribution in [0.5, 0.6) is 0 Å². The lowest BCUT2D eigenvalue weighted by Crippen LogP contribution is -2.36. The van der Waals surface area contributed by atoms with Gasteiger partial charge in [0.25, 0.3) is 0 Å². The Labute approximate surface area is 111 Å². The van der Waals surface area contributed by atoms with Gasteiger partial charge in [-0.3, -0.25) is 0 Å². The van der Waals surface area contributed by atoms with E-state index < -0.39 is 0 Å². The molecule has 17 heavy (non-hydrogen) atoms. The van der Waals surface area contributed by atoms with Crippen molar-refractivity contribution in [3.05, 3.63) is 28.2 Å². The van der Waals surface area contributed by atoms with Gasteiger partial charge in [-0.25, -0.2) is 0 Å². The van der Waals surface area contributed by atoms with E-state index in [0.717, 1.165) is 36.0 Å². The van der Waals surface area contributed by atoms with Crippen molar-refractivity contribution in [3.8, 4) is 0 Å². The molecule has 3 N–H and O–H groups in total. The first kappa shape index (κ1) is 12.9. The Morgan fingerprint density at radius 1 is 1.41 bits per heavy atom. The Bertz CT molecular complexity index is 387. The van der Waals surface area contributed by atoms with Gasteiger partial charge in [0.1, 0.15) is 0 Å². The standard InChI is InChI=1S/C13H19BrN2O/c1-9(15)10-2-3-13(12(14)8-10)16-6-4-11(17)5-7-16/h2-3,8-9,11,17H,4-7,15H2,1H3/t9-/m1/s1. The number of halogens is 1. The molecule has 1 aliphatic heterocycles. The molecule has 0 amide bonds. The number of anilines is 1. The summed E-state index contributed by atoms with van der Waals surface area (Å²) in [6, 6.07) is 6.34. The SMILES string of the molecule is C[C@@H](N)c1ccc(N2CCC(O)CC2)c(Br)c1. The molecular weight excluding hydrogens is 280 g/mol. The first-order valence-electron chi connectivity index (χ1n) is 6.06. The van der Waals surface area contributed by atoms with Crippen molar-refractivity contribution in [2.75, 3.05) is 18.0 Å². The molecule has 1 atom stereocenters. The normalized spacial score (nSPS) is 19.4. The molecule has 1 aromatic carbocycles. The van der Waals surface area contributed by atoms with Crippen LogP contribution in [0, 0.1) is 0 Å². The summed E-state index contributed by atoms with van der Waals surface area (Å²) in [6.07, 6.45) is 1.57. The Hall–Kier alpha value is -0.580. The van der Waals surface area contributed by atoms with E-state index >= 15 is 0 Å². The van der Waals surface area contributed by atoms with E-state index in [1.807, 2.05) is 6.92 Å². The van der Waals surface area contributed by atoms with Crippen LogP contribution in [0.4, 0.5) is 5.69 Å². The minimum atomic E-state index is -0.131. The van der Waals surface area contributed by atoms with Gasteiger partial charge in [-0.05, 0) is 53.4 Å². The molecule has 1 fully saturated rings.